The van der Waals surface area contributed by atoms with E-state index in [1.807, 2.05) is 32.0 Å². The van der Waals surface area contributed by atoms with Crippen LogP contribution in [0.3, 0.4) is 0 Å². The minimum absolute atomic E-state index is 0.0591. The number of aryl methyl sites for hydroxylation is 2. The molecule has 0 radical (unpaired) electrons. The molecule has 2 saturated heterocycles. The van der Waals surface area contributed by atoms with Crippen LogP contribution < -0.4 is 4.90 Å². The summed E-state index contributed by atoms with van der Waals surface area (Å²) in [5, 5.41) is 0. The third-order valence-electron chi connectivity index (χ3n) is 5.40. The van der Waals surface area contributed by atoms with Crippen LogP contribution in [0.25, 0.3) is 0 Å². The number of fused-ring (bicyclic) bond motifs is 1. The van der Waals surface area contributed by atoms with Crippen LogP contribution in [-0.4, -0.2) is 42.9 Å². The molecule has 2 atom stereocenters. The highest BCUT2D eigenvalue weighted by Crippen LogP contribution is 2.37. The van der Waals surface area contributed by atoms with Crippen molar-refractivity contribution in [1.29, 1.82) is 0 Å². The fourth-order valence-electron chi connectivity index (χ4n) is 4.03. The lowest BCUT2D eigenvalue weighted by Gasteiger charge is -2.24. The van der Waals surface area contributed by atoms with Crippen LogP contribution >= 0.6 is 0 Å². The van der Waals surface area contributed by atoms with Gasteiger partial charge in [0.05, 0.1) is 30.1 Å². The van der Waals surface area contributed by atoms with Crippen molar-refractivity contribution in [2.45, 2.75) is 32.5 Å². The van der Waals surface area contributed by atoms with Gasteiger partial charge in [0.15, 0.2) is 9.84 Å². The molecule has 2 aliphatic heterocycles. The monoisotopic (exact) mass is 388 g/mol. The molecular formula is C20H21FN2O3S. The lowest BCUT2D eigenvalue weighted by atomic mass is 10.1. The number of nitrogens with zero attached hydrogens (tertiary/aromatic N) is 2. The second-order valence-corrected chi connectivity index (χ2v) is 9.53. The van der Waals surface area contributed by atoms with Crippen LogP contribution in [0.15, 0.2) is 42.5 Å². The summed E-state index contributed by atoms with van der Waals surface area (Å²) in [7, 11) is -3.26. The molecule has 0 aromatic heterocycles. The number of amides is 2. The largest absolute Gasteiger partial charge is 0.325 e. The molecule has 2 fully saturated rings. The van der Waals surface area contributed by atoms with Crippen LogP contribution in [0.1, 0.15) is 16.7 Å². The molecule has 27 heavy (non-hydrogen) atoms. The van der Waals surface area contributed by atoms with E-state index in [0.717, 1.165) is 16.8 Å². The van der Waals surface area contributed by atoms with E-state index in [1.54, 1.807) is 23.1 Å². The van der Waals surface area contributed by atoms with Gasteiger partial charge in [-0.15, -0.1) is 0 Å². The zero-order valence-corrected chi connectivity index (χ0v) is 16.0. The average molecular weight is 388 g/mol. The van der Waals surface area contributed by atoms with Gasteiger partial charge in [0.2, 0.25) is 0 Å². The van der Waals surface area contributed by atoms with E-state index in [4.69, 9.17) is 0 Å². The van der Waals surface area contributed by atoms with Crippen molar-refractivity contribution >= 4 is 21.6 Å². The van der Waals surface area contributed by atoms with Crippen molar-refractivity contribution in [2.24, 2.45) is 0 Å². The molecule has 2 aromatic rings. The van der Waals surface area contributed by atoms with Crippen LogP contribution in [0.2, 0.25) is 0 Å². The first-order chi connectivity index (χ1) is 12.8. The summed E-state index contributed by atoms with van der Waals surface area (Å²) in [5.41, 5.74) is 3.01. The zero-order chi connectivity index (χ0) is 19.3. The first-order valence-electron chi connectivity index (χ1n) is 8.88. The molecule has 0 spiro atoms. The van der Waals surface area contributed by atoms with Gasteiger partial charge in [0.25, 0.3) is 0 Å². The Labute approximate surface area is 158 Å². The fourth-order valence-corrected chi connectivity index (χ4v) is 5.98. The number of hydrogen-bond acceptors (Lipinski definition) is 3. The number of urea groups is 1. The van der Waals surface area contributed by atoms with Crippen LogP contribution in [0, 0.1) is 19.7 Å². The Balaban J connectivity index is 1.76. The number of rotatable bonds is 3. The zero-order valence-electron chi connectivity index (χ0n) is 15.2. The number of anilines is 1. The number of sulfone groups is 1. The van der Waals surface area contributed by atoms with Crippen LogP contribution in [-0.2, 0) is 16.4 Å². The molecule has 2 aliphatic rings. The summed E-state index contributed by atoms with van der Waals surface area (Å²) >= 11 is 0. The molecule has 0 aliphatic carbocycles. The van der Waals surface area contributed by atoms with Crippen molar-refractivity contribution in [2.75, 3.05) is 16.4 Å². The molecule has 0 bridgehead atoms. The number of carbonyl (C=O) groups is 1. The van der Waals surface area contributed by atoms with Crippen LogP contribution in [0.5, 0.6) is 0 Å². The number of carbonyl (C=O) groups excluding carboxylic acids is 1. The van der Waals surface area contributed by atoms with Crippen molar-refractivity contribution in [3.63, 3.8) is 0 Å². The maximum atomic E-state index is 14.1. The standard InChI is InChI=1S/C20H21FN2O3S/c1-13-7-8-14(2)17(9-13)23-19-12-27(25,26)11-18(19)22(20(23)24)10-15-5-3-4-6-16(15)21/h3-9,18-19H,10-12H2,1-2H3/t18-,19-/m0/s1. The second kappa shape index (κ2) is 6.34. The highest BCUT2D eigenvalue weighted by molar-refractivity contribution is 7.91. The van der Waals surface area contributed by atoms with Crippen molar-refractivity contribution in [1.82, 2.24) is 4.90 Å². The quantitative estimate of drug-likeness (QED) is 0.760. The van der Waals surface area contributed by atoms with Gasteiger partial charge in [-0.25, -0.2) is 17.6 Å². The minimum atomic E-state index is -3.26. The number of hydrogen-bond donors (Lipinski definition) is 0. The Hall–Kier alpha value is -2.41. The van der Waals surface area contributed by atoms with E-state index in [-0.39, 0.29) is 24.1 Å². The average Bonchev–Trinajstić information content (AvgIpc) is 3.03. The Morgan fingerprint density at radius 2 is 1.78 bits per heavy atom. The summed E-state index contributed by atoms with van der Waals surface area (Å²) in [6, 6.07) is 10.9. The van der Waals surface area contributed by atoms with E-state index in [1.165, 1.54) is 11.0 Å². The second-order valence-electron chi connectivity index (χ2n) is 7.37. The predicted molar refractivity (Wildman–Crippen MR) is 102 cm³/mol. The van der Waals surface area contributed by atoms with Gasteiger partial charge < -0.3 is 4.90 Å². The van der Waals surface area contributed by atoms with E-state index >= 15 is 0 Å². The normalized spacial score (nSPS) is 23.7. The first-order valence-corrected chi connectivity index (χ1v) is 10.7. The lowest BCUT2D eigenvalue weighted by Crippen LogP contribution is -2.38. The Morgan fingerprint density at radius 3 is 2.52 bits per heavy atom. The molecule has 5 nitrogen and oxygen atoms in total. The smallest absolute Gasteiger partial charge is 0.314 e. The third kappa shape index (κ3) is 3.10. The van der Waals surface area contributed by atoms with Crippen molar-refractivity contribution in [3.05, 3.63) is 65.0 Å². The molecule has 0 unspecified atom stereocenters. The Kier molecular flexibility index (Phi) is 4.22. The van der Waals surface area contributed by atoms with Crippen molar-refractivity contribution in [3.8, 4) is 0 Å². The van der Waals surface area contributed by atoms with Gasteiger partial charge in [-0.05, 0) is 37.1 Å². The molecule has 0 N–H and O–H groups in total. The highest BCUT2D eigenvalue weighted by Gasteiger charge is 2.54. The third-order valence-corrected chi connectivity index (χ3v) is 7.10. The Morgan fingerprint density at radius 1 is 1.07 bits per heavy atom. The maximum absolute atomic E-state index is 14.1. The molecule has 2 amide bonds. The van der Waals surface area contributed by atoms with Gasteiger partial charge in [-0.2, -0.15) is 0 Å². The SMILES string of the molecule is Cc1ccc(C)c(N2C(=O)N(Cc3ccccc3F)[C@H]3CS(=O)(=O)C[C@@H]32)c1. The molecular weight excluding hydrogens is 367 g/mol. The molecule has 2 heterocycles. The molecule has 7 heteroatoms. The lowest BCUT2D eigenvalue weighted by molar-refractivity contribution is 0.205. The molecule has 2 aromatic carbocycles. The van der Waals surface area contributed by atoms with Crippen LogP contribution in [0.4, 0.5) is 14.9 Å². The number of halogens is 1. The van der Waals surface area contributed by atoms with Gasteiger partial charge in [-0.3, -0.25) is 4.90 Å². The van der Waals surface area contributed by atoms with Gasteiger partial charge in [0.1, 0.15) is 5.82 Å². The summed E-state index contributed by atoms with van der Waals surface area (Å²) in [6.45, 7) is 3.90. The topological polar surface area (TPSA) is 57.7 Å². The minimum Gasteiger partial charge on any atom is -0.314 e. The summed E-state index contributed by atoms with van der Waals surface area (Å²) in [6.07, 6.45) is 0. The molecule has 4 rings (SSSR count). The predicted octanol–water partition coefficient (Wildman–Crippen LogP) is 3.05. The summed E-state index contributed by atoms with van der Waals surface area (Å²) in [4.78, 5) is 16.3. The van der Waals surface area contributed by atoms with Crippen molar-refractivity contribution < 1.29 is 17.6 Å². The Bertz CT molecular complexity index is 1020. The van der Waals surface area contributed by atoms with E-state index in [9.17, 15) is 17.6 Å². The first kappa shape index (κ1) is 18.0. The summed E-state index contributed by atoms with van der Waals surface area (Å²) < 4.78 is 38.7. The van der Waals surface area contributed by atoms with E-state index in [0.29, 0.717) is 5.56 Å². The fraction of sp³-hybridized carbons (Fsp3) is 0.350. The molecule has 142 valence electrons. The molecule has 0 saturated carbocycles. The number of benzene rings is 2. The summed E-state index contributed by atoms with van der Waals surface area (Å²) in [5.74, 6) is -0.544. The van der Waals surface area contributed by atoms with Gasteiger partial charge in [-0.1, -0.05) is 30.3 Å². The maximum Gasteiger partial charge on any atom is 0.325 e. The van der Waals surface area contributed by atoms with E-state index < -0.39 is 27.7 Å². The van der Waals surface area contributed by atoms with Gasteiger partial charge >= 0.3 is 6.03 Å². The van der Waals surface area contributed by atoms with E-state index in [2.05, 4.69) is 0 Å². The highest BCUT2D eigenvalue weighted by atomic mass is 32.2. The van der Waals surface area contributed by atoms with Gasteiger partial charge in [0, 0.05) is 11.3 Å².